The molecule has 0 radical (unpaired) electrons. The number of carbonyl (C=O) groups excluding carboxylic acids is 1. The summed E-state index contributed by atoms with van der Waals surface area (Å²) in [7, 11) is 0. The van der Waals surface area contributed by atoms with Gasteiger partial charge >= 0.3 is 5.97 Å². The Bertz CT molecular complexity index is 936. The molecular formula is C22H22INO3. The molecule has 5 heteroatoms. The molecule has 3 aromatic rings. The Morgan fingerprint density at radius 3 is 2.30 bits per heavy atom. The van der Waals surface area contributed by atoms with Gasteiger partial charge in [0.1, 0.15) is 5.75 Å². The molecule has 0 fully saturated rings. The molecule has 4 nitrogen and oxygen atoms in total. The van der Waals surface area contributed by atoms with Crippen molar-refractivity contribution in [1.29, 1.82) is 5.41 Å². The van der Waals surface area contributed by atoms with Crippen LogP contribution in [-0.4, -0.2) is 23.4 Å². The lowest BCUT2D eigenvalue weighted by atomic mass is 9.96. The number of rotatable bonds is 4. The number of benzene rings is 3. The van der Waals surface area contributed by atoms with Crippen molar-refractivity contribution in [3.05, 3.63) is 75.4 Å². The number of aromatic hydroxyl groups is 1. The summed E-state index contributed by atoms with van der Waals surface area (Å²) in [4.78, 5) is 10.2. The zero-order valence-electron chi connectivity index (χ0n) is 15.3. The first-order valence-electron chi connectivity index (χ1n) is 8.69. The smallest absolute Gasteiger partial charge is 0.305 e. The van der Waals surface area contributed by atoms with E-state index in [4.69, 9.17) is 5.41 Å². The summed E-state index contributed by atoms with van der Waals surface area (Å²) >= 11 is 2.24. The number of fused-ring (bicyclic) bond motifs is 1. The Kier molecular flexibility index (Phi) is 7.79. The van der Waals surface area contributed by atoms with Crippen molar-refractivity contribution in [3.8, 4) is 5.75 Å². The molecule has 0 aliphatic rings. The monoisotopic (exact) mass is 475 g/mol. The lowest BCUT2D eigenvalue weighted by Gasteiger charge is -2.11. The van der Waals surface area contributed by atoms with E-state index in [1.807, 2.05) is 54.6 Å². The van der Waals surface area contributed by atoms with E-state index in [1.54, 1.807) is 19.9 Å². The minimum atomic E-state index is -0.123. The standard InChI is InChI=1S/C17H12INO.C5H10O2/c18-13-8-5-12(6-9-13)17(19)16-14-4-2-1-3-11(14)7-10-15(16)20;1-3-5(6)7-4-2/h1-10,19-20H;3-4H2,1-2H3. The normalized spacial score (nSPS) is 10.0. The molecule has 27 heavy (non-hydrogen) atoms. The van der Waals surface area contributed by atoms with Gasteiger partial charge in [0.2, 0.25) is 0 Å². The first kappa shape index (κ1) is 20.9. The van der Waals surface area contributed by atoms with E-state index in [2.05, 4.69) is 27.3 Å². The minimum absolute atomic E-state index is 0.123. The highest BCUT2D eigenvalue weighted by molar-refractivity contribution is 14.1. The molecule has 0 saturated carbocycles. The van der Waals surface area contributed by atoms with Crippen LogP contribution in [0.4, 0.5) is 0 Å². The lowest BCUT2D eigenvalue weighted by Crippen LogP contribution is -2.02. The van der Waals surface area contributed by atoms with Crippen molar-refractivity contribution in [2.45, 2.75) is 20.3 Å². The van der Waals surface area contributed by atoms with Gasteiger partial charge in [-0.3, -0.25) is 10.2 Å². The van der Waals surface area contributed by atoms with Gasteiger partial charge in [-0.2, -0.15) is 0 Å². The van der Waals surface area contributed by atoms with E-state index in [9.17, 15) is 9.90 Å². The minimum Gasteiger partial charge on any atom is -0.507 e. The van der Waals surface area contributed by atoms with Gasteiger partial charge in [-0.25, -0.2) is 0 Å². The summed E-state index contributed by atoms with van der Waals surface area (Å²) in [6.07, 6.45) is 0.480. The summed E-state index contributed by atoms with van der Waals surface area (Å²) in [5, 5.41) is 20.5. The van der Waals surface area contributed by atoms with Crippen LogP contribution in [-0.2, 0) is 9.53 Å². The molecule has 140 valence electrons. The summed E-state index contributed by atoms with van der Waals surface area (Å²) in [5.41, 5.74) is 1.73. The summed E-state index contributed by atoms with van der Waals surface area (Å²) in [6, 6.07) is 19.1. The number of carbonyl (C=O) groups is 1. The van der Waals surface area contributed by atoms with E-state index in [-0.39, 0.29) is 11.7 Å². The van der Waals surface area contributed by atoms with Crippen LogP contribution in [0.25, 0.3) is 10.8 Å². The van der Waals surface area contributed by atoms with Crippen molar-refractivity contribution >= 4 is 45.0 Å². The largest absolute Gasteiger partial charge is 0.507 e. The van der Waals surface area contributed by atoms with Gasteiger partial charge in [-0.1, -0.05) is 49.4 Å². The molecule has 0 saturated heterocycles. The van der Waals surface area contributed by atoms with Crippen molar-refractivity contribution in [2.75, 3.05) is 6.61 Å². The highest BCUT2D eigenvalue weighted by Crippen LogP contribution is 2.29. The van der Waals surface area contributed by atoms with Crippen molar-refractivity contribution < 1.29 is 14.6 Å². The first-order chi connectivity index (χ1) is 13.0. The Morgan fingerprint density at radius 1 is 1.04 bits per heavy atom. The van der Waals surface area contributed by atoms with Gasteiger partial charge < -0.3 is 9.84 Å². The molecule has 0 unspecified atom stereocenters. The van der Waals surface area contributed by atoms with Crippen LogP contribution in [0.3, 0.4) is 0 Å². The van der Waals surface area contributed by atoms with Gasteiger partial charge in [0, 0.05) is 21.1 Å². The molecule has 0 aliphatic carbocycles. The zero-order chi connectivity index (χ0) is 19.8. The van der Waals surface area contributed by atoms with E-state index in [0.29, 0.717) is 24.3 Å². The summed E-state index contributed by atoms with van der Waals surface area (Å²) in [6.45, 7) is 4.07. The van der Waals surface area contributed by atoms with E-state index >= 15 is 0 Å². The molecule has 0 aliphatic heterocycles. The number of nitrogens with one attached hydrogen (secondary N) is 1. The van der Waals surface area contributed by atoms with Crippen molar-refractivity contribution in [1.82, 2.24) is 0 Å². The van der Waals surface area contributed by atoms with Crippen LogP contribution < -0.4 is 0 Å². The number of phenolic OH excluding ortho intramolecular Hbond substituents is 1. The highest BCUT2D eigenvalue weighted by atomic mass is 127. The maximum atomic E-state index is 10.2. The SMILES string of the molecule is CCOC(=O)CC.N=C(c1ccc(I)cc1)c1c(O)ccc2ccccc12. The van der Waals surface area contributed by atoms with Gasteiger partial charge in [0.05, 0.1) is 12.3 Å². The maximum absolute atomic E-state index is 10.2. The van der Waals surface area contributed by atoms with Crippen LogP contribution in [0.2, 0.25) is 0 Å². The zero-order valence-corrected chi connectivity index (χ0v) is 17.5. The number of hydrogen-bond donors (Lipinski definition) is 2. The Labute approximate surface area is 172 Å². The number of esters is 1. The van der Waals surface area contributed by atoms with Crippen LogP contribution in [0.1, 0.15) is 31.4 Å². The van der Waals surface area contributed by atoms with Crippen molar-refractivity contribution in [2.24, 2.45) is 0 Å². The topological polar surface area (TPSA) is 70.4 Å². The first-order valence-corrected chi connectivity index (χ1v) is 9.77. The van der Waals surface area contributed by atoms with E-state index < -0.39 is 0 Å². The number of halogens is 1. The van der Waals surface area contributed by atoms with E-state index in [0.717, 1.165) is 19.9 Å². The molecular weight excluding hydrogens is 453 g/mol. The fourth-order valence-electron chi connectivity index (χ4n) is 2.55. The van der Waals surface area contributed by atoms with Crippen LogP contribution in [0, 0.1) is 8.98 Å². The quantitative estimate of drug-likeness (QED) is 0.296. The lowest BCUT2D eigenvalue weighted by molar-refractivity contribution is -0.142. The molecule has 3 aromatic carbocycles. The Hall–Kier alpha value is -2.41. The average molecular weight is 475 g/mol. The Balaban J connectivity index is 0.000000321. The maximum Gasteiger partial charge on any atom is 0.305 e. The number of phenols is 1. The highest BCUT2D eigenvalue weighted by Gasteiger charge is 2.13. The van der Waals surface area contributed by atoms with Gasteiger partial charge in [-0.15, -0.1) is 0 Å². The fraction of sp³-hybridized carbons (Fsp3) is 0.182. The van der Waals surface area contributed by atoms with Crippen LogP contribution >= 0.6 is 22.6 Å². The molecule has 2 N–H and O–H groups in total. The third kappa shape index (κ3) is 5.53. The molecule has 3 rings (SSSR count). The molecule has 0 atom stereocenters. The van der Waals surface area contributed by atoms with Gasteiger partial charge in [0.15, 0.2) is 0 Å². The second kappa shape index (κ2) is 10.1. The third-order valence-electron chi connectivity index (χ3n) is 3.88. The Morgan fingerprint density at radius 2 is 1.70 bits per heavy atom. The molecule has 0 amide bonds. The molecule has 0 aromatic heterocycles. The third-order valence-corrected chi connectivity index (χ3v) is 4.60. The average Bonchev–Trinajstić information content (AvgIpc) is 2.68. The fourth-order valence-corrected chi connectivity index (χ4v) is 2.91. The predicted molar refractivity (Wildman–Crippen MR) is 118 cm³/mol. The number of ether oxygens (including phenoxy) is 1. The second-order valence-electron chi connectivity index (χ2n) is 5.72. The van der Waals surface area contributed by atoms with E-state index in [1.165, 1.54) is 0 Å². The summed E-state index contributed by atoms with van der Waals surface area (Å²) < 4.78 is 5.68. The second-order valence-corrected chi connectivity index (χ2v) is 6.97. The predicted octanol–water partition coefficient (Wildman–Crippen LogP) is 5.53. The molecule has 0 spiro atoms. The molecule has 0 heterocycles. The van der Waals surface area contributed by atoms with Gasteiger partial charge in [-0.05, 0) is 58.5 Å². The van der Waals surface area contributed by atoms with Gasteiger partial charge in [0.25, 0.3) is 0 Å². The molecule has 0 bridgehead atoms. The van der Waals surface area contributed by atoms with Crippen molar-refractivity contribution in [3.63, 3.8) is 0 Å². The summed E-state index contributed by atoms with van der Waals surface area (Å²) in [5.74, 6) is 0.0229. The number of hydrogen-bond acceptors (Lipinski definition) is 4. The van der Waals surface area contributed by atoms with Crippen LogP contribution in [0.15, 0.2) is 60.7 Å². The van der Waals surface area contributed by atoms with Crippen LogP contribution in [0.5, 0.6) is 5.75 Å².